The van der Waals surface area contributed by atoms with E-state index in [2.05, 4.69) is 17.0 Å². The maximum atomic E-state index is 12.6. The lowest BCUT2D eigenvalue weighted by Crippen LogP contribution is -2.55. The zero-order chi connectivity index (χ0) is 16.3. The van der Waals surface area contributed by atoms with Gasteiger partial charge in [-0.2, -0.15) is 5.10 Å². The van der Waals surface area contributed by atoms with Gasteiger partial charge in [0.2, 0.25) is 5.91 Å². The molecule has 0 aromatic carbocycles. The average molecular weight is 307 g/mol. The molecule has 1 aromatic rings. The summed E-state index contributed by atoms with van der Waals surface area (Å²) in [7, 11) is 0. The highest BCUT2D eigenvalue weighted by molar-refractivity contribution is 5.85. The fourth-order valence-corrected chi connectivity index (χ4v) is 3.36. The summed E-state index contributed by atoms with van der Waals surface area (Å²) in [6.07, 6.45) is 3.81. The third-order valence-electron chi connectivity index (χ3n) is 4.46. The highest BCUT2D eigenvalue weighted by Crippen LogP contribution is 2.22. The Morgan fingerprint density at radius 1 is 1.45 bits per heavy atom. The van der Waals surface area contributed by atoms with Gasteiger partial charge >= 0.3 is 0 Å². The van der Waals surface area contributed by atoms with Crippen molar-refractivity contribution in [2.75, 3.05) is 13.1 Å². The summed E-state index contributed by atoms with van der Waals surface area (Å²) in [5.74, 6) is 2.26. The van der Waals surface area contributed by atoms with Gasteiger partial charge in [-0.15, -0.1) is 0 Å². The second-order valence-electron chi connectivity index (χ2n) is 6.82. The number of rotatable bonds is 5. The molecule has 6 heteroatoms. The number of hydrogen-bond donors (Lipinski definition) is 1. The lowest BCUT2D eigenvalue weighted by Gasteiger charge is -2.37. The first kappa shape index (κ1) is 16.9. The van der Waals surface area contributed by atoms with E-state index in [0.29, 0.717) is 5.92 Å². The Labute approximate surface area is 133 Å². The summed E-state index contributed by atoms with van der Waals surface area (Å²) in [5, 5.41) is 4.43. The zero-order valence-electron chi connectivity index (χ0n) is 14.3. The van der Waals surface area contributed by atoms with Gasteiger partial charge in [0, 0.05) is 19.6 Å². The molecule has 6 nitrogen and oxygen atoms in total. The van der Waals surface area contributed by atoms with E-state index in [1.54, 1.807) is 0 Å². The number of piperidine rings is 1. The number of carbonyl (C=O) groups excluding carboxylic acids is 1. The molecule has 2 atom stereocenters. The summed E-state index contributed by atoms with van der Waals surface area (Å²) in [6, 6.07) is 0. The van der Waals surface area contributed by atoms with E-state index in [0.717, 1.165) is 57.0 Å². The molecule has 0 spiro atoms. The van der Waals surface area contributed by atoms with Crippen molar-refractivity contribution in [2.24, 2.45) is 11.7 Å². The minimum absolute atomic E-state index is 0.0885. The zero-order valence-corrected chi connectivity index (χ0v) is 14.3. The molecular weight excluding hydrogens is 278 g/mol. The molecule has 1 fully saturated rings. The number of aromatic nitrogens is 3. The fourth-order valence-electron chi connectivity index (χ4n) is 3.36. The summed E-state index contributed by atoms with van der Waals surface area (Å²) >= 11 is 0. The molecule has 0 saturated carbocycles. The Morgan fingerprint density at radius 3 is 2.77 bits per heavy atom. The van der Waals surface area contributed by atoms with Crippen molar-refractivity contribution in [1.29, 1.82) is 0 Å². The quantitative estimate of drug-likeness (QED) is 0.897. The normalized spacial score (nSPS) is 21.7. The summed E-state index contributed by atoms with van der Waals surface area (Å²) in [5.41, 5.74) is 5.47. The van der Waals surface area contributed by atoms with Crippen LogP contribution in [0, 0.1) is 19.8 Å². The van der Waals surface area contributed by atoms with Crippen molar-refractivity contribution in [3.8, 4) is 0 Å². The molecule has 1 aliphatic heterocycles. The Hall–Kier alpha value is -1.43. The van der Waals surface area contributed by atoms with Crippen molar-refractivity contribution in [2.45, 2.75) is 65.5 Å². The van der Waals surface area contributed by atoms with Crippen LogP contribution < -0.4 is 5.73 Å². The Morgan fingerprint density at radius 2 is 2.18 bits per heavy atom. The molecule has 124 valence electrons. The molecule has 2 unspecified atom stereocenters. The number of hydrogen-bond acceptors (Lipinski definition) is 4. The Kier molecular flexibility index (Phi) is 5.21. The van der Waals surface area contributed by atoms with Crippen LogP contribution in [0.15, 0.2) is 0 Å². The van der Waals surface area contributed by atoms with E-state index in [1.807, 2.05) is 30.4 Å². The molecule has 2 heterocycles. The number of likely N-dealkylation sites (tertiary alicyclic amines) is 1. The van der Waals surface area contributed by atoms with Gasteiger partial charge in [0.1, 0.15) is 11.6 Å². The predicted octanol–water partition coefficient (Wildman–Crippen LogP) is 1.65. The Bertz CT molecular complexity index is 523. The maximum Gasteiger partial charge on any atom is 0.242 e. The first-order valence-corrected chi connectivity index (χ1v) is 8.29. The van der Waals surface area contributed by atoms with Crippen molar-refractivity contribution in [1.82, 2.24) is 19.7 Å². The van der Waals surface area contributed by atoms with Crippen LogP contribution in [0.5, 0.6) is 0 Å². The van der Waals surface area contributed by atoms with Gasteiger partial charge < -0.3 is 10.6 Å². The van der Waals surface area contributed by atoms with Crippen LogP contribution in [0.2, 0.25) is 0 Å². The van der Waals surface area contributed by atoms with Gasteiger partial charge in [0.25, 0.3) is 0 Å². The molecule has 1 saturated heterocycles. The molecule has 1 aromatic heterocycles. The number of amides is 1. The van der Waals surface area contributed by atoms with Crippen molar-refractivity contribution in [3.05, 3.63) is 11.6 Å². The smallest absolute Gasteiger partial charge is 0.242 e. The van der Waals surface area contributed by atoms with Gasteiger partial charge in [-0.3, -0.25) is 4.79 Å². The summed E-state index contributed by atoms with van der Waals surface area (Å²) in [6.45, 7) is 10.2. The van der Waals surface area contributed by atoms with E-state index >= 15 is 0 Å². The van der Waals surface area contributed by atoms with E-state index < -0.39 is 5.54 Å². The Balaban J connectivity index is 2.00. The number of nitrogens with zero attached hydrogens (tertiary/aromatic N) is 4. The highest BCUT2D eigenvalue weighted by Gasteiger charge is 2.34. The standard InChI is InChI=1S/C16H29N5O/c1-5-8-16(4,17)15(22)20-9-6-7-14(10-20)11-21-13(3)18-12(2)19-21/h14H,5-11,17H2,1-4H3. The van der Waals surface area contributed by atoms with Gasteiger partial charge in [-0.1, -0.05) is 13.3 Å². The number of carbonyl (C=O) groups is 1. The predicted molar refractivity (Wildman–Crippen MR) is 86.3 cm³/mol. The lowest BCUT2D eigenvalue weighted by atomic mass is 9.92. The van der Waals surface area contributed by atoms with Crippen LogP contribution in [0.25, 0.3) is 0 Å². The number of aryl methyl sites for hydroxylation is 2. The molecule has 2 N–H and O–H groups in total. The van der Waals surface area contributed by atoms with Crippen molar-refractivity contribution < 1.29 is 4.79 Å². The van der Waals surface area contributed by atoms with Crippen LogP contribution in [0.3, 0.4) is 0 Å². The van der Waals surface area contributed by atoms with E-state index in [4.69, 9.17) is 5.73 Å². The molecule has 22 heavy (non-hydrogen) atoms. The lowest BCUT2D eigenvalue weighted by molar-refractivity contribution is -0.138. The van der Waals surface area contributed by atoms with Crippen molar-refractivity contribution in [3.63, 3.8) is 0 Å². The molecule has 2 rings (SSSR count). The topological polar surface area (TPSA) is 77.0 Å². The van der Waals surface area contributed by atoms with E-state index in [9.17, 15) is 4.79 Å². The number of nitrogens with two attached hydrogens (primary N) is 1. The first-order chi connectivity index (χ1) is 10.3. The summed E-state index contributed by atoms with van der Waals surface area (Å²) < 4.78 is 1.96. The minimum Gasteiger partial charge on any atom is -0.341 e. The van der Waals surface area contributed by atoms with E-state index in [-0.39, 0.29) is 5.91 Å². The van der Waals surface area contributed by atoms with Crippen molar-refractivity contribution >= 4 is 5.91 Å². The third-order valence-corrected chi connectivity index (χ3v) is 4.46. The van der Waals surface area contributed by atoms with Gasteiger partial charge in [0.05, 0.1) is 5.54 Å². The third kappa shape index (κ3) is 3.85. The minimum atomic E-state index is -0.740. The van der Waals surface area contributed by atoms with E-state index in [1.165, 1.54) is 0 Å². The van der Waals surface area contributed by atoms with Crippen LogP contribution in [-0.2, 0) is 11.3 Å². The first-order valence-electron chi connectivity index (χ1n) is 8.29. The van der Waals surface area contributed by atoms with Gasteiger partial charge in [-0.05, 0) is 46.0 Å². The molecule has 0 bridgehead atoms. The monoisotopic (exact) mass is 307 g/mol. The second-order valence-corrected chi connectivity index (χ2v) is 6.82. The molecule has 1 aliphatic rings. The average Bonchev–Trinajstić information content (AvgIpc) is 2.76. The fraction of sp³-hybridized carbons (Fsp3) is 0.812. The summed E-state index contributed by atoms with van der Waals surface area (Å²) in [4.78, 5) is 18.9. The maximum absolute atomic E-state index is 12.6. The largest absolute Gasteiger partial charge is 0.341 e. The highest BCUT2D eigenvalue weighted by atomic mass is 16.2. The van der Waals surface area contributed by atoms with Crippen LogP contribution >= 0.6 is 0 Å². The SMILES string of the molecule is CCCC(C)(N)C(=O)N1CCCC(Cn2nc(C)nc2C)C1. The molecule has 0 aliphatic carbocycles. The van der Waals surface area contributed by atoms with Crippen LogP contribution in [0.1, 0.15) is 51.2 Å². The molecular formula is C16H29N5O. The van der Waals surface area contributed by atoms with Gasteiger partial charge in [-0.25, -0.2) is 9.67 Å². The molecule has 0 radical (unpaired) electrons. The van der Waals surface area contributed by atoms with Gasteiger partial charge in [0.15, 0.2) is 0 Å². The van der Waals surface area contributed by atoms with Crippen LogP contribution in [0.4, 0.5) is 0 Å². The molecule has 1 amide bonds. The van der Waals surface area contributed by atoms with Crippen LogP contribution in [-0.4, -0.2) is 44.2 Å². The second kappa shape index (κ2) is 6.77.